The summed E-state index contributed by atoms with van der Waals surface area (Å²) in [6.07, 6.45) is 1.73. The number of nitrogens with zero attached hydrogens (tertiary/aromatic N) is 4. The van der Waals surface area contributed by atoms with E-state index in [0.717, 1.165) is 6.54 Å². The van der Waals surface area contributed by atoms with Crippen LogP contribution in [-0.2, 0) is 6.54 Å². The maximum absolute atomic E-state index is 5.84. The van der Waals surface area contributed by atoms with Gasteiger partial charge in [0.2, 0.25) is 0 Å². The molecule has 0 unspecified atom stereocenters. The molecule has 0 fully saturated rings. The van der Waals surface area contributed by atoms with Crippen molar-refractivity contribution < 1.29 is 0 Å². The summed E-state index contributed by atoms with van der Waals surface area (Å²) in [5.41, 5.74) is 1.18. The summed E-state index contributed by atoms with van der Waals surface area (Å²) < 4.78 is 0. The van der Waals surface area contributed by atoms with Crippen molar-refractivity contribution in [3.05, 3.63) is 35.9 Å². The summed E-state index contributed by atoms with van der Waals surface area (Å²) >= 11 is 0. The zero-order valence-corrected chi connectivity index (χ0v) is 8.74. The lowest BCUT2D eigenvalue weighted by Crippen LogP contribution is -2.49. The van der Waals surface area contributed by atoms with Crippen LogP contribution in [0, 0.1) is 0 Å². The van der Waals surface area contributed by atoms with E-state index >= 15 is 0 Å². The van der Waals surface area contributed by atoms with E-state index in [-0.39, 0.29) is 0 Å². The first kappa shape index (κ1) is 9.95. The van der Waals surface area contributed by atoms with E-state index in [1.807, 2.05) is 30.1 Å². The third-order valence-electron chi connectivity index (χ3n) is 2.31. The maximum atomic E-state index is 5.84. The quantitative estimate of drug-likeness (QED) is 0.741. The first-order valence-electron chi connectivity index (χ1n) is 4.98. The van der Waals surface area contributed by atoms with Crippen molar-refractivity contribution in [3.63, 3.8) is 0 Å². The highest BCUT2D eigenvalue weighted by Gasteiger charge is 2.20. The number of rotatable bonds is 3. The molecule has 0 saturated heterocycles. The van der Waals surface area contributed by atoms with E-state index in [1.165, 1.54) is 10.8 Å². The van der Waals surface area contributed by atoms with E-state index in [0.29, 0.717) is 6.54 Å². The van der Waals surface area contributed by atoms with Gasteiger partial charge in [-0.05, 0) is 17.7 Å². The molecule has 1 aliphatic heterocycles. The van der Waals surface area contributed by atoms with Crippen molar-refractivity contribution in [1.29, 1.82) is 0 Å². The van der Waals surface area contributed by atoms with Gasteiger partial charge in [0, 0.05) is 6.54 Å². The van der Waals surface area contributed by atoms with Gasteiger partial charge in [0.25, 0.3) is 0 Å². The Bertz CT molecular complexity index is 337. The van der Waals surface area contributed by atoms with Gasteiger partial charge in [-0.3, -0.25) is 5.01 Å². The molecule has 0 radical (unpaired) electrons. The molecule has 0 amide bonds. The van der Waals surface area contributed by atoms with Crippen molar-refractivity contribution in [2.24, 2.45) is 10.9 Å². The second kappa shape index (κ2) is 4.29. The van der Waals surface area contributed by atoms with E-state index in [2.05, 4.69) is 17.2 Å². The van der Waals surface area contributed by atoms with E-state index in [1.54, 1.807) is 11.5 Å². The molecule has 0 aliphatic carbocycles. The lowest BCUT2D eigenvalue weighted by Gasteiger charge is -2.27. The first-order chi connectivity index (χ1) is 7.31. The minimum absolute atomic E-state index is 0.685. The molecule has 2 rings (SSSR count). The highest BCUT2D eigenvalue weighted by molar-refractivity contribution is 5.54. The third-order valence-corrected chi connectivity index (χ3v) is 2.31. The van der Waals surface area contributed by atoms with Gasteiger partial charge in [-0.2, -0.15) is 5.12 Å². The van der Waals surface area contributed by atoms with Crippen LogP contribution in [0.25, 0.3) is 0 Å². The molecular formula is C10H15N5. The molecule has 1 aromatic carbocycles. The first-order valence-corrected chi connectivity index (χ1v) is 4.98. The molecule has 1 aromatic rings. The number of hydrogen-bond acceptors (Lipinski definition) is 5. The average molecular weight is 205 g/mol. The third kappa shape index (κ3) is 2.08. The van der Waals surface area contributed by atoms with Crippen LogP contribution >= 0.6 is 0 Å². The molecule has 0 saturated carbocycles. The fourth-order valence-corrected chi connectivity index (χ4v) is 1.44. The van der Waals surface area contributed by atoms with Crippen LogP contribution in [0.4, 0.5) is 0 Å². The second-order valence-corrected chi connectivity index (χ2v) is 3.32. The van der Waals surface area contributed by atoms with Crippen LogP contribution in [0.5, 0.6) is 0 Å². The molecular weight excluding hydrogens is 190 g/mol. The Hall–Kier alpha value is -1.59. The van der Waals surface area contributed by atoms with E-state index in [9.17, 15) is 0 Å². The molecule has 1 aliphatic rings. The summed E-state index contributed by atoms with van der Waals surface area (Å²) in [5.74, 6) is 5.84. The van der Waals surface area contributed by atoms with Crippen molar-refractivity contribution in [1.82, 2.24) is 15.4 Å². The monoisotopic (exact) mass is 205 g/mol. The van der Waals surface area contributed by atoms with Gasteiger partial charge in [0.05, 0.1) is 6.54 Å². The maximum Gasteiger partial charge on any atom is 0.130 e. The smallest absolute Gasteiger partial charge is 0.130 e. The molecule has 2 N–H and O–H groups in total. The topological polar surface area (TPSA) is 48.1 Å². The Kier molecular flexibility index (Phi) is 2.84. The van der Waals surface area contributed by atoms with E-state index < -0.39 is 0 Å². The van der Waals surface area contributed by atoms with Crippen LogP contribution in [0.1, 0.15) is 12.5 Å². The number of hydrogen-bond donors (Lipinski definition) is 1. The van der Waals surface area contributed by atoms with Crippen molar-refractivity contribution in [3.8, 4) is 0 Å². The summed E-state index contributed by atoms with van der Waals surface area (Å²) in [6, 6.07) is 10.1. The average Bonchev–Trinajstić information content (AvgIpc) is 2.62. The van der Waals surface area contributed by atoms with Crippen LogP contribution in [0.15, 0.2) is 35.4 Å². The van der Waals surface area contributed by atoms with Gasteiger partial charge >= 0.3 is 0 Å². The number of nitrogens with two attached hydrogens (primary N) is 1. The molecule has 0 bridgehead atoms. The van der Waals surface area contributed by atoms with Crippen LogP contribution in [0.2, 0.25) is 0 Å². The molecule has 15 heavy (non-hydrogen) atoms. The predicted octanol–water partition coefficient (Wildman–Crippen LogP) is 0.773. The molecule has 5 heteroatoms. The molecule has 0 spiro atoms. The Morgan fingerprint density at radius 3 is 2.60 bits per heavy atom. The van der Waals surface area contributed by atoms with Crippen LogP contribution in [0.3, 0.4) is 0 Å². The summed E-state index contributed by atoms with van der Waals surface area (Å²) in [7, 11) is 0. The van der Waals surface area contributed by atoms with Gasteiger partial charge in [0.15, 0.2) is 0 Å². The van der Waals surface area contributed by atoms with Crippen molar-refractivity contribution in [2.45, 2.75) is 13.5 Å². The number of hydrazone groups is 1. The molecule has 5 nitrogen and oxygen atoms in total. The molecule has 80 valence electrons. The minimum Gasteiger partial charge on any atom is -0.261 e. The molecule has 0 atom stereocenters. The predicted molar refractivity (Wildman–Crippen MR) is 58.9 cm³/mol. The second-order valence-electron chi connectivity index (χ2n) is 3.32. The number of benzene rings is 1. The normalized spacial score (nSPS) is 16.4. The van der Waals surface area contributed by atoms with Gasteiger partial charge in [-0.15, -0.1) is 5.10 Å². The lowest BCUT2D eigenvalue weighted by molar-refractivity contribution is -0.128. The van der Waals surface area contributed by atoms with Gasteiger partial charge in [0.1, 0.15) is 6.34 Å². The van der Waals surface area contributed by atoms with Crippen molar-refractivity contribution >= 4 is 6.34 Å². The van der Waals surface area contributed by atoms with Gasteiger partial charge < -0.3 is 0 Å². The van der Waals surface area contributed by atoms with Gasteiger partial charge in [-0.1, -0.05) is 30.3 Å². The van der Waals surface area contributed by atoms with Gasteiger partial charge in [-0.25, -0.2) is 5.84 Å². The highest BCUT2D eigenvalue weighted by atomic mass is 16.1. The fourth-order valence-electron chi connectivity index (χ4n) is 1.44. The summed E-state index contributed by atoms with van der Waals surface area (Å²) in [6.45, 7) is 3.52. The largest absolute Gasteiger partial charge is 0.261 e. The Morgan fingerprint density at radius 2 is 2.00 bits per heavy atom. The van der Waals surface area contributed by atoms with Crippen molar-refractivity contribution in [2.75, 3.05) is 6.54 Å². The Morgan fingerprint density at radius 1 is 1.27 bits per heavy atom. The molecule has 0 aromatic heterocycles. The SMILES string of the molecule is CCN1C=NN(Cc2ccccc2)N1N. The van der Waals surface area contributed by atoms with Crippen LogP contribution in [-0.4, -0.2) is 28.2 Å². The Balaban J connectivity index is 2.00. The van der Waals surface area contributed by atoms with E-state index in [4.69, 9.17) is 5.84 Å². The summed E-state index contributed by atoms with van der Waals surface area (Å²) in [5, 5.41) is 9.28. The lowest BCUT2D eigenvalue weighted by atomic mass is 10.2. The zero-order valence-electron chi connectivity index (χ0n) is 8.74. The zero-order chi connectivity index (χ0) is 10.7. The number of hydrazine groups is 3. The summed E-state index contributed by atoms with van der Waals surface area (Å²) in [4.78, 5) is 0. The highest BCUT2D eigenvalue weighted by Crippen LogP contribution is 2.10. The Labute approximate surface area is 89.3 Å². The minimum atomic E-state index is 0.685. The standard InChI is InChI=1S/C10H15N5/c1-2-13-9-12-14(15(13)11)8-10-6-4-3-5-7-10/h3-7,9H,2,8,11H2,1H3. The fraction of sp³-hybridized carbons (Fsp3) is 0.300. The van der Waals surface area contributed by atoms with Crippen LogP contribution < -0.4 is 5.84 Å². The molecule has 1 heterocycles.